The van der Waals surface area contributed by atoms with Gasteiger partial charge in [0.05, 0.1) is 6.61 Å². The van der Waals surface area contributed by atoms with Gasteiger partial charge in [0.25, 0.3) is 5.91 Å². The van der Waals surface area contributed by atoms with Crippen LogP contribution < -0.4 is 4.74 Å². The summed E-state index contributed by atoms with van der Waals surface area (Å²) in [5, 5.41) is 11.4. The molecule has 3 aliphatic rings. The number of nitrogens with one attached hydrogen (secondary N) is 1. The normalized spacial score (nSPS) is 23.9. The van der Waals surface area contributed by atoms with E-state index in [0.717, 1.165) is 59.7 Å². The maximum atomic E-state index is 14.3. The number of phenolic OH excluding ortho intramolecular Hbond substituents is 1. The summed E-state index contributed by atoms with van der Waals surface area (Å²) < 4.78 is 5.80. The van der Waals surface area contributed by atoms with Crippen LogP contribution in [-0.2, 0) is 11.2 Å². The number of hydrogen-bond acceptors (Lipinski definition) is 6. The lowest BCUT2D eigenvalue weighted by Gasteiger charge is -2.44. The lowest BCUT2D eigenvalue weighted by Crippen LogP contribution is -2.55. The number of urea groups is 1. The first-order chi connectivity index (χ1) is 18.9. The second-order valence-corrected chi connectivity index (χ2v) is 11.0. The van der Waals surface area contributed by atoms with Crippen molar-refractivity contribution in [2.45, 2.75) is 38.3 Å². The predicted octanol–water partition coefficient (Wildman–Crippen LogP) is 3.58. The number of piperazine rings is 1. The molecule has 39 heavy (non-hydrogen) atoms. The first-order valence-corrected chi connectivity index (χ1v) is 14.0. The van der Waals surface area contributed by atoms with Crippen LogP contribution >= 0.6 is 0 Å². The Kier molecular flexibility index (Phi) is 6.51. The lowest BCUT2D eigenvalue weighted by atomic mass is 9.78. The molecule has 9 nitrogen and oxygen atoms in total. The number of benzene rings is 2. The van der Waals surface area contributed by atoms with Gasteiger partial charge in [0.2, 0.25) is 0 Å². The van der Waals surface area contributed by atoms with E-state index in [1.54, 1.807) is 23.1 Å². The summed E-state index contributed by atoms with van der Waals surface area (Å²) in [6.45, 7) is 9.38. The molecule has 0 spiro atoms. The van der Waals surface area contributed by atoms with E-state index in [1.165, 1.54) is 4.90 Å². The van der Waals surface area contributed by atoms with Gasteiger partial charge in [0.1, 0.15) is 23.1 Å². The van der Waals surface area contributed by atoms with Crippen LogP contribution in [0.15, 0.2) is 42.5 Å². The van der Waals surface area contributed by atoms with Crippen molar-refractivity contribution < 1.29 is 19.4 Å². The van der Waals surface area contributed by atoms with Crippen LogP contribution in [-0.4, -0.2) is 100 Å². The molecule has 3 aromatic rings. The predicted molar refractivity (Wildman–Crippen MR) is 149 cm³/mol. The third kappa shape index (κ3) is 4.15. The molecule has 3 amide bonds. The minimum Gasteiger partial charge on any atom is -0.508 e. The third-order valence-electron chi connectivity index (χ3n) is 8.77. The summed E-state index contributed by atoms with van der Waals surface area (Å²) >= 11 is 0. The molecule has 0 aliphatic carbocycles. The number of carbonyl (C=O) groups is 2. The molecule has 2 N–H and O–H groups in total. The molecule has 2 fully saturated rings. The highest BCUT2D eigenvalue weighted by molar-refractivity contribution is 6.08. The number of imide groups is 1. The van der Waals surface area contributed by atoms with Crippen molar-refractivity contribution >= 4 is 22.8 Å². The van der Waals surface area contributed by atoms with Gasteiger partial charge in [0.15, 0.2) is 0 Å². The number of aromatic hydroxyl groups is 1. The molecule has 206 valence electrons. The third-order valence-corrected chi connectivity index (χ3v) is 8.77. The van der Waals surface area contributed by atoms with Gasteiger partial charge in [-0.2, -0.15) is 0 Å². The Bertz CT molecular complexity index is 1410. The molecule has 9 heteroatoms. The van der Waals surface area contributed by atoms with Gasteiger partial charge in [-0.25, -0.2) is 4.79 Å². The summed E-state index contributed by atoms with van der Waals surface area (Å²) in [5.74, 6) is 0.771. The molecule has 2 saturated heterocycles. The zero-order valence-electron chi connectivity index (χ0n) is 22.9. The number of fused-ring (bicyclic) bond motifs is 4. The molecule has 0 bridgehead atoms. The maximum absolute atomic E-state index is 14.3. The van der Waals surface area contributed by atoms with E-state index in [4.69, 9.17) is 4.74 Å². The van der Waals surface area contributed by atoms with E-state index < -0.39 is 11.6 Å². The topological polar surface area (TPSA) is 92.4 Å². The summed E-state index contributed by atoms with van der Waals surface area (Å²) in [6.07, 6.45) is 0.925. The molecular formula is C30H37N5O4. The minimum atomic E-state index is -1.00. The van der Waals surface area contributed by atoms with E-state index in [9.17, 15) is 14.7 Å². The van der Waals surface area contributed by atoms with Crippen molar-refractivity contribution in [2.75, 3.05) is 52.9 Å². The standard InChI is InChI=1S/C30H37N5O4/c1-4-30-19-24-23-18-22(39-5-2)9-10-25(23)31-26(24)27(20-7-6-8-21(36)17-20)35(30)29(38)34(28(30)37)16-15-33-13-11-32(3)12-14-33/h6-10,17-18,27,31,36H,4-5,11-16,19H2,1-3H3. The van der Waals surface area contributed by atoms with Gasteiger partial charge < -0.3 is 19.7 Å². The Morgan fingerprint density at radius 2 is 1.85 bits per heavy atom. The number of hydrogen-bond donors (Lipinski definition) is 2. The van der Waals surface area contributed by atoms with Crippen LogP contribution in [0.4, 0.5) is 4.79 Å². The van der Waals surface area contributed by atoms with Gasteiger partial charge in [0, 0.05) is 62.3 Å². The van der Waals surface area contributed by atoms with Crippen LogP contribution in [0, 0.1) is 0 Å². The second-order valence-electron chi connectivity index (χ2n) is 11.0. The number of ether oxygens (including phenoxy) is 1. The van der Waals surface area contributed by atoms with Crippen LogP contribution in [0.1, 0.15) is 43.1 Å². The fourth-order valence-electron chi connectivity index (χ4n) is 6.59. The molecule has 3 aliphatic heterocycles. The van der Waals surface area contributed by atoms with Gasteiger partial charge in [-0.3, -0.25) is 19.5 Å². The van der Waals surface area contributed by atoms with Crippen LogP contribution in [0.5, 0.6) is 11.5 Å². The van der Waals surface area contributed by atoms with Crippen molar-refractivity contribution in [2.24, 2.45) is 0 Å². The van der Waals surface area contributed by atoms with E-state index in [-0.39, 0.29) is 17.7 Å². The number of carbonyl (C=O) groups excluding carboxylic acids is 2. The van der Waals surface area contributed by atoms with Crippen molar-refractivity contribution in [1.82, 2.24) is 24.6 Å². The van der Waals surface area contributed by atoms with Gasteiger partial charge in [-0.1, -0.05) is 19.1 Å². The summed E-state index contributed by atoms with van der Waals surface area (Å²) in [5.41, 5.74) is 2.62. The van der Waals surface area contributed by atoms with Gasteiger partial charge in [-0.15, -0.1) is 0 Å². The molecule has 4 heterocycles. The Hall–Kier alpha value is -3.56. The zero-order chi connectivity index (χ0) is 27.3. The molecule has 2 aromatic carbocycles. The van der Waals surface area contributed by atoms with E-state index in [0.29, 0.717) is 32.5 Å². The number of phenols is 1. The number of aromatic amines is 1. The van der Waals surface area contributed by atoms with Crippen molar-refractivity contribution in [1.29, 1.82) is 0 Å². The monoisotopic (exact) mass is 531 g/mol. The molecule has 1 aromatic heterocycles. The average Bonchev–Trinajstić information content (AvgIpc) is 3.39. The van der Waals surface area contributed by atoms with E-state index >= 15 is 0 Å². The largest absolute Gasteiger partial charge is 0.508 e. The highest BCUT2D eigenvalue weighted by Crippen LogP contribution is 2.50. The fourth-order valence-corrected chi connectivity index (χ4v) is 6.59. The summed E-state index contributed by atoms with van der Waals surface area (Å²) in [7, 11) is 2.12. The number of H-pyrrole nitrogens is 1. The van der Waals surface area contributed by atoms with E-state index in [1.807, 2.05) is 38.1 Å². The summed E-state index contributed by atoms with van der Waals surface area (Å²) in [4.78, 5) is 39.9. The lowest BCUT2D eigenvalue weighted by molar-refractivity contribution is -0.134. The number of aromatic nitrogens is 1. The smallest absolute Gasteiger partial charge is 0.328 e. The quantitative estimate of drug-likeness (QED) is 0.453. The Morgan fingerprint density at radius 1 is 1.05 bits per heavy atom. The summed E-state index contributed by atoms with van der Waals surface area (Å²) in [6, 6.07) is 12.2. The maximum Gasteiger partial charge on any atom is 0.328 e. The average molecular weight is 532 g/mol. The second kappa shape index (κ2) is 9.88. The van der Waals surface area contributed by atoms with Crippen molar-refractivity contribution in [3.05, 3.63) is 59.3 Å². The number of amides is 3. The Labute approximate surface area is 228 Å². The fraction of sp³-hybridized carbons (Fsp3) is 0.467. The highest BCUT2D eigenvalue weighted by atomic mass is 16.5. The van der Waals surface area contributed by atoms with E-state index in [2.05, 4.69) is 21.8 Å². The van der Waals surface area contributed by atoms with Crippen LogP contribution in [0.3, 0.4) is 0 Å². The molecular weight excluding hydrogens is 494 g/mol. The number of nitrogens with zero attached hydrogens (tertiary/aromatic N) is 4. The first-order valence-electron chi connectivity index (χ1n) is 14.0. The zero-order valence-corrected chi connectivity index (χ0v) is 22.9. The van der Waals surface area contributed by atoms with Gasteiger partial charge >= 0.3 is 6.03 Å². The van der Waals surface area contributed by atoms with Crippen LogP contribution in [0.25, 0.3) is 10.9 Å². The van der Waals surface area contributed by atoms with Gasteiger partial charge in [-0.05, 0) is 61.9 Å². The molecule has 2 unspecified atom stereocenters. The SMILES string of the molecule is CCOc1ccc2[nH]c3c(c2c1)CC1(CC)C(=O)N(CCN2CCN(C)CC2)C(=O)N1C3c1cccc(O)c1. The number of likely N-dealkylation sites (N-methyl/N-ethyl adjacent to an activating group) is 1. The Morgan fingerprint density at radius 3 is 2.56 bits per heavy atom. The Balaban J connectivity index is 1.44. The van der Waals surface area contributed by atoms with Crippen molar-refractivity contribution in [3.63, 3.8) is 0 Å². The number of rotatable bonds is 7. The minimum absolute atomic E-state index is 0.126. The van der Waals surface area contributed by atoms with Crippen molar-refractivity contribution in [3.8, 4) is 11.5 Å². The molecule has 0 radical (unpaired) electrons. The molecule has 2 atom stereocenters. The van der Waals surface area contributed by atoms with Crippen LogP contribution in [0.2, 0.25) is 0 Å². The highest BCUT2D eigenvalue weighted by Gasteiger charge is 2.61. The molecule has 6 rings (SSSR count). The first kappa shape index (κ1) is 25.7. The molecule has 0 saturated carbocycles.